The Bertz CT molecular complexity index is 1030. The smallest absolute Gasteiger partial charge is 0.416 e. The molecule has 162 valence electrons. The normalized spacial score (nSPS) is 15.3. The molecule has 0 radical (unpaired) electrons. The molecule has 3 rings (SSSR count). The number of anilines is 1. The van der Waals surface area contributed by atoms with Gasteiger partial charge in [-0.3, -0.25) is 24.2 Å². The highest BCUT2D eigenvalue weighted by Crippen LogP contribution is 2.33. The van der Waals surface area contributed by atoms with Gasteiger partial charge >= 0.3 is 6.18 Å². The van der Waals surface area contributed by atoms with Crippen molar-refractivity contribution in [3.8, 4) is 11.5 Å². The first kappa shape index (κ1) is 22.2. The minimum atomic E-state index is -4.49. The number of nitrogens with zero attached hydrogens (tertiary/aromatic N) is 2. The van der Waals surface area contributed by atoms with Crippen molar-refractivity contribution in [3.05, 3.63) is 54.1 Å². The van der Waals surface area contributed by atoms with Crippen LogP contribution in [-0.4, -0.2) is 46.7 Å². The van der Waals surface area contributed by atoms with Crippen LogP contribution in [0.15, 0.2) is 48.5 Å². The van der Waals surface area contributed by atoms with Crippen LogP contribution in [-0.2, 0) is 20.6 Å². The Hall–Kier alpha value is -3.47. The Morgan fingerprint density at radius 1 is 1.00 bits per heavy atom. The van der Waals surface area contributed by atoms with Gasteiger partial charge in [0.2, 0.25) is 5.91 Å². The largest absolute Gasteiger partial charge is 0.457 e. The van der Waals surface area contributed by atoms with Crippen molar-refractivity contribution in [1.29, 1.82) is 0 Å². The number of hydrogen-bond acceptors (Lipinski definition) is 5. The maximum Gasteiger partial charge on any atom is 0.416 e. The molecule has 2 aromatic rings. The maximum atomic E-state index is 12.8. The van der Waals surface area contributed by atoms with E-state index in [9.17, 15) is 27.6 Å². The van der Waals surface area contributed by atoms with E-state index in [0.717, 1.165) is 21.9 Å². The molecule has 1 N–H and O–H groups in total. The fourth-order valence-corrected chi connectivity index (χ4v) is 3.00. The van der Waals surface area contributed by atoms with Crippen molar-refractivity contribution < 1.29 is 32.3 Å². The highest BCUT2D eigenvalue weighted by atomic mass is 32.1. The zero-order chi connectivity index (χ0) is 22.9. The first-order chi connectivity index (χ1) is 14.5. The Morgan fingerprint density at radius 3 is 2.13 bits per heavy atom. The second-order valence-electron chi connectivity index (χ2n) is 6.65. The molecule has 3 amide bonds. The zero-order valence-corrected chi connectivity index (χ0v) is 17.1. The molecule has 0 bridgehead atoms. The fourth-order valence-electron chi connectivity index (χ4n) is 2.82. The van der Waals surface area contributed by atoms with Crippen LogP contribution in [0, 0.1) is 5.92 Å². The van der Waals surface area contributed by atoms with Crippen LogP contribution in [0.4, 0.5) is 18.9 Å². The van der Waals surface area contributed by atoms with Gasteiger partial charge in [0.15, 0.2) is 11.0 Å². The lowest BCUT2D eigenvalue weighted by molar-refractivity contribution is -0.149. The van der Waals surface area contributed by atoms with Gasteiger partial charge in [-0.1, -0.05) is 6.07 Å². The molecule has 2 aromatic carbocycles. The second-order valence-corrected chi connectivity index (χ2v) is 7.02. The van der Waals surface area contributed by atoms with E-state index in [0.29, 0.717) is 0 Å². The number of carbonyl (C=O) groups excluding carboxylic acids is 3. The second kappa shape index (κ2) is 8.34. The van der Waals surface area contributed by atoms with Gasteiger partial charge in [-0.15, -0.1) is 0 Å². The van der Waals surface area contributed by atoms with Crippen molar-refractivity contribution >= 4 is 40.7 Å². The van der Waals surface area contributed by atoms with Gasteiger partial charge in [-0.2, -0.15) is 13.2 Å². The summed E-state index contributed by atoms with van der Waals surface area (Å²) in [6, 6.07) is 10.1. The number of alkyl halides is 3. The first-order valence-electron chi connectivity index (χ1n) is 8.84. The average molecular weight is 451 g/mol. The van der Waals surface area contributed by atoms with Crippen LogP contribution >= 0.6 is 12.2 Å². The summed E-state index contributed by atoms with van der Waals surface area (Å²) >= 11 is 4.97. The first-order valence-corrected chi connectivity index (χ1v) is 9.25. The highest BCUT2D eigenvalue weighted by Gasteiger charge is 2.45. The number of benzene rings is 2. The quantitative estimate of drug-likeness (QED) is 0.570. The third-order valence-corrected chi connectivity index (χ3v) is 5.06. The number of nitrogens with one attached hydrogen (secondary N) is 1. The van der Waals surface area contributed by atoms with Crippen LogP contribution < -0.4 is 10.1 Å². The van der Waals surface area contributed by atoms with Crippen molar-refractivity contribution in [2.45, 2.75) is 6.18 Å². The van der Waals surface area contributed by atoms with Crippen molar-refractivity contribution in [1.82, 2.24) is 9.80 Å². The molecular formula is C20H16F3N3O4S. The predicted octanol–water partition coefficient (Wildman–Crippen LogP) is 3.27. The van der Waals surface area contributed by atoms with Crippen molar-refractivity contribution in [3.63, 3.8) is 0 Å². The van der Waals surface area contributed by atoms with Crippen LogP contribution in [0.25, 0.3) is 0 Å². The van der Waals surface area contributed by atoms with Crippen LogP contribution in [0.2, 0.25) is 0 Å². The van der Waals surface area contributed by atoms with Crippen molar-refractivity contribution in [2.24, 2.45) is 5.92 Å². The molecule has 7 nitrogen and oxygen atoms in total. The SMILES string of the molecule is CN1C(=O)C(C(=O)Nc2ccc(Oc3cccc(C(F)(F)F)c3)cc2)C(=O)N(C)C1=S. The minimum absolute atomic E-state index is 0.00450. The Kier molecular flexibility index (Phi) is 5.98. The van der Waals surface area contributed by atoms with E-state index >= 15 is 0 Å². The number of ether oxygens (including phenoxy) is 1. The Morgan fingerprint density at radius 2 is 1.58 bits per heavy atom. The summed E-state index contributed by atoms with van der Waals surface area (Å²) in [5.41, 5.74) is -0.578. The minimum Gasteiger partial charge on any atom is -0.457 e. The maximum absolute atomic E-state index is 12.8. The molecule has 0 aromatic heterocycles. The molecule has 0 saturated carbocycles. The number of carbonyl (C=O) groups is 3. The van der Waals surface area contributed by atoms with Crippen LogP contribution in [0.1, 0.15) is 5.56 Å². The lowest BCUT2D eigenvalue weighted by Crippen LogP contribution is -2.59. The Balaban J connectivity index is 1.70. The monoisotopic (exact) mass is 451 g/mol. The number of rotatable bonds is 4. The summed E-state index contributed by atoms with van der Waals surface area (Å²) in [6.45, 7) is 0. The van der Waals surface area contributed by atoms with Gasteiger partial charge in [0, 0.05) is 19.8 Å². The Labute approximate surface area is 180 Å². The zero-order valence-electron chi connectivity index (χ0n) is 16.3. The van der Waals surface area contributed by atoms with Crippen molar-refractivity contribution in [2.75, 3.05) is 19.4 Å². The molecule has 1 aliphatic heterocycles. The van der Waals surface area contributed by atoms with E-state index in [1.165, 1.54) is 50.5 Å². The molecule has 31 heavy (non-hydrogen) atoms. The van der Waals surface area contributed by atoms with E-state index in [4.69, 9.17) is 17.0 Å². The van der Waals surface area contributed by atoms with Crippen LogP contribution in [0.3, 0.4) is 0 Å². The lowest BCUT2D eigenvalue weighted by Gasteiger charge is -2.34. The van der Waals surface area contributed by atoms with Gasteiger partial charge in [-0.05, 0) is 54.7 Å². The summed E-state index contributed by atoms with van der Waals surface area (Å²) in [4.78, 5) is 39.2. The lowest BCUT2D eigenvalue weighted by atomic mass is 10.0. The van der Waals surface area contributed by atoms with Gasteiger partial charge in [-0.25, -0.2) is 0 Å². The molecule has 1 saturated heterocycles. The van der Waals surface area contributed by atoms with E-state index in [1.54, 1.807) is 0 Å². The van der Waals surface area contributed by atoms with E-state index in [-0.39, 0.29) is 22.3 Å². The number of halogens is 3. The molecule has 0 aliphatic carbocycles. The molecule has 11 heteroatoms. The third-order valence-electron chi connectivity index (χ3n) is 4.51. The highest BCUT2D eigenvalue weighted by molar-refractivity contribution is 7.80. The van der Waals surface area contributed by atoms with Crippen LogP contribution in [0.5, 0.6) is 11.5 Å². The molecular weight excluding hydrogens is 435 g/mol. The van der Waals surface area contributed by atoms with Gasteiger partial charge < -0.3 is 10.1 Å². The van der Waals surface area contributed by atoms with Gasteiger partial charge in [0.05, 0.1) is 5.56 Å². The van der Waals surface area contributed by atoms with E-state index in [2.05, 4.69) is 5.32 Å². The van der Waals surface area contributed by atoms with Gasteiger partial charge in [0.25, 0.3) is 11.8 Å². The number of amides is 3. The topological polar surface area (TPSA) is 79.0 Å². The summed E-state index contributed by atoms with van der Waals surface area (Å²) < 4.78 is 43.8. The molecule has 1 fully saturated rings. The standard InChI is InChI=1S/C20H16F3N3O4S/c1-25-17(28)15(18(29)26(2)19(25)31)16(27)24-12-6-8-13(9-7-12)30-14-5-3-4-11(10-14)20(21,22)23/h3-10,15H,1-2H3,(H,24,27). The van der Waals surface area contributed by atoms with Gasteiger partial charge in [0.1, 0.15) is 11.5 Å². The summed E-state index contributed by atoms with van der Waals surface area (Å²) in [5.74, 6) is -3.67. The van der Waals surface area contributed by atoms with E-state index in [1.807, 2.05) is 0 Å². The summed E-state index contributed by atoms with van der Waals surface area (Å²) in [6.07, 6.45) is -4.49. The fraction of sp³-hybridized carbons (Fsp3) is 0.200. The predicted molar refractivity (Wildman–Crippen MR) is 108 cm³/mol. The van der Waals surface area contributed by atoms with E-state index < -0.39 is 35.4 Å². The third kappa shape index (κ3) is 4.66. The molecule has 1 heterocycles. The molecule has 1 aliphatic rings. The number of hydrogen-bond donors (Lipinski definition) is 1. The summed E-state index contributed by atoms with van der Waals surface area (Å²) in [5, 5.41) is 2.46. The summed E-state index contributed by atoms with van der Waals surface area (Å²) in [7, 11) is 2.74. The average Bonchev–Trinajstić information content (AvgIpc) is 2.72. The molecule has 0 unspecified atom stereocenters. The number of thiocarbonyl (C=S) groups is 1. The molecule has 0 atom stereocenters. The molecule has 0 spiro atoms.